The van der Waals surface area contributed by atoms with Crippen molar-refractivity contribution in [3.05, 3.63) is 0 Å². The monoisotopic (exact) mass is 235 g/mol. The van der Waals surface area contributed by atoms with Gasteiger partial charge in [-0.15, -0.1) is 0 Å². The van der Waals surface area contributed by atoms with Gasteiger partial charge in [0.25, 0.3) is 0 Å². The largest absolute Gasteiger partial charge is 0.319 e. The summed E-state index contributed by atoms with van der Waals surface area (Å²) < 4.78 is 0. The SMILES string of the molecule is CCC(C)(CNC)C12CC3CC(CC(C3)C1)C2. The molecule has 1 nitrogen and oxygen atoms in total. The van der Waals surface area contributed by atoms with Crippen molar-refractivity contribution in [1.82, 2.24) is 5.32 Å². The highest BCUT2D eigenvalue weighted by atomic mass is 14.8. The first-order valence-corrected chi connectivity index (χ1v) is 7.75. The fourth-order valence-corrected chi connectivity index (χ4v) is 5.93. The van der Waals surface area contributed by atoms with E-state index in [0.717, 1.165) is 17.8 Å². The molecule has 4 rings (SSSR count). The average molecular weight is 235 g/mol. The zero-order valence-electron chi connectivity index (χ0n) is 11.9. The predicted molar refractivity (Wildman–Crippen MR) is 72.9 cm³/mol. The molecule has 0 radical (unpaired) electrons. The molecule has 98 valence electrons. The zero-order valence-corrected chi connectivity index (χ0v) is 11.9. The van der Waals surface area contributed by atoms with Crippen LogP contribution in [0.25, 0.3) is 0 Å². The Morgan fingerprint density at radius 1 is 1.06 bits per heavy atom. The minimum Gasteiger partial charge on any atom is -0.319 e. The topological polar surface area (TPSA) is 12.0 Å². The van der Waals surface area contributed by atoms with Gasteiger partial charge in [0.1, 0.15) is 0 Å². The van der Waals surface area contributed by atoms with E-state index in [-0.39, 0.29) is 0 Å². The highest BCUT2D eigenvalue weighted by Gasteiger charge is 2.57. The van der Waals surface area contributed by atoms with E-state index in [2.05, 4.69) is 26.2 Å². The average Bonchev–Trinajstić information content (AvgIpc) is 2.27. The van der Waals surface area contributed by atoms with E-state index in [4.69, 9.17) is 0 Å². The maximum Gasteiger partial charge on any atom is 0.000738 e. The normalized spacial score (nSPS) is 47.1. The maximum atomic E-state index is 3.48. The summed E-state index contributed by atoms with van der Waals surface area (Å²) in [7, 11) is 2.13. The Balaban J connectivity index is 1.90. The summed E-state index contributed by atoms with van der Waals surface area (Å²) in [5.74, 6) is 3.26. The van der Waals surface area contributed by atoms with E-state index in [1.807, 2.05) is 0 Å². The van der Waals surface area contributed by atoms with Gasteiger partial charge in [0.15, 0.2) is 0 Å². The lowest BCUT2D eigenvalue weighted by molar-refractivity contribution is -0.125. The summed E-state index contributed by atoms with van der Waals surface area (Å²) in [6.45, 7) is 6.20. The van der Waals surface area contributed by atoms with Crippen LogP contribution >= 0.6 is 0 Å². The van der Waals surface area contributed by atoms with Crippen molar-refractivity contribution in [2.45, 2.75) is 58.8 Å². The van der Waals surface area contributed by atoms with Gasteiger partial charge in [-0.25, -0.2) is 0 Å². The van der Waals surface area contributed by atoms with Gasteiger partial charge in [0, 0.05) is 6.54 Å². The first-order chi connectivity index (χ1) is 8.11. The van der Waals surface area contributed by atoms with Gasteiger partial charge in [-0.05, 0) is 80.6 Å². The summed E-state index contributed by atoms with van der Waals surface area (Å²) in [5, 5.41) is 3.48. The molecule has 4 aliphatic rings. The molecule has 4 fully saturated rings. The Kier molecular flexibility index (Phi) is 2.81. The molecule has 0 amide bonds. The molecule has 1 atom stereocenters. The van der Waals surface area contributed by atoms with Crippen molar-refractivity contribution in [1.29, 1.82) is 0 Å². The van der Waals surface area contributed by atoms with Crippen molar-refractivity contribution >= 4 is 0 Å². The van der Waals surface area contributed by atoms with Crippen LogP contribution in [0.15, 0.2) is 0 Å². The molecule has 4 aliphatic carbocycles. The van der Waals surface area contributed by atoms with E-state index in [1.54, 1.807) is 38.5 Å². The third-order valence-corrected chi connectivity index (χ3v) is 6.67. The molecule has 17 heavy (non-hydrogen) atoms. The number of nitrogens with one attached hydrogen (secondary N) is 1. The van der Waals surface area contributed by atoms with Crippen molar-refractivity contribution in [3.8, 4) is 0 Å². The second kappa shape index (κ2) is 3.98. The van der Waals surface area contributed by atoms with Gasteiger partial charge >= 0.3 is 0 Å². The third-order valence-electron chi connectivity index (χ3n) is 6.67. The summed E-state index contributed by atoms with van der Waals surface area (Å²) in [4.78, 5) is 0. The van der Waals surface area contributed by atoms with E-state index in [1.165, 1.54) is 13.0 Å². The third kappa shape index (κ3) is 1.69. The Hall–Kier alpha value is -0.0400. The fourth-order valence-electron chi connectivity index (χ4n) is 5.93. The summed E-state index contributed by atoms with van der Waals surface area (Å²) >= 11 is 0. The van der Waals surface area contributed by atoms with Crippen molar-refractivity contribution in [3.63, 3.8) is 0 Å². The maximum absolute atomic E-state index is 3.48. The molecule has 1 heteroatoms. The molecular formula is C16H29N. The standard InChI is InChI=1S/C16H29N/c1-4-15(2,11-17-3)16-8-12-5-13(9-16)7-14(6-12)10-16/h12-14,17H,4-11H2,1-3H3. The van der Waals surface area contributed by atoms with Gasteiger partial charge < -0.3 is 5.32 Å². The van der Waals surface area contributed by atoms with E-state index in [0.29, 0.717) is 10.8 Å². The smallest absolute Gasteiger partial charge is 0.000738 e. The summed E-state index contributed by atoms with van der Waals surface area (Å²) in [5.41, 5.74) is 1.23. The molecule has 1 N–H and O–H groups in total. The van der Waals surface area contributed by atoms with Crippen LogP contribution in [0.3, 0.4) is 0 Å². The van der Waals surface area contributed by atoms with Gasteiger partial charge in [-0.2, -0.15) is 0 Å². The second-order valence-electron chi connectivity index (χ2n) is 7.64. The first-order valence-electron chi connectivity index (χ1n) is 7.75. The molecule has 0 saturated heterocycles. The molecular weight excluding hydrogens is 206 g/mol. The molecule has 0 heterocycles. The molecule has 0 aromatic rings. The molecule has 1 unspecified atom stereocenters. The lowest BCUT2D eigenvalue weighted by atomic mass is 9.42. The quantitative estimate of drug-likeness (QED) is 0.780. The van der Waals surface area contributed by atoms with Crippen molar-refractivity contribution in [2.75, 3.05) is 13.6 Å². The van der Waals surface area contributed by atoms with Gasteiger partial charge in [-0.3, -0.25) is 0 Å². The number of hydrogen-bond donors (Lipinski definition) is 1. The van der Waals surface area contributed by atoms with Crippen molar-refractivity contribution in [2.24, 2.45) is 28.6 Å². The Labute approximate surface area is 107 Å². The highest BCUT2D eigenvalue weighted by Crippen LogP contribution is 2.66. The minimum absolute atomic E-state index is 0.539. The Morgan fingerprint density at radius 3 is 1.88 bits per heavy atom. The molecule has 4 saturated carbocycles. The lowest BCUT2D eigenvalue weighted by Crippen LogP contribution is -2.56. The number of hydrogen-bond acceptors (Lipinski definition) is 1. The van der Waals surface area contributed by atoms with Gasteiger partial charge in [-0.1, -0.05) is 13.8 Å². The number of rotatable bonds is 4. The van der Waals surface area contributed by atoms with Crippen LogP contribution in [-0.2, 0) is 0 Å². The van der Waals surface area contributed by atoms with Crippen LogP contribution in [0.1, 0.15) is 58.8 Å². The van der Waals surface area contributed by atoms with Crippen LogP contribution in [0.5, 0.6) is 0 Å². The first kappa shape index (κ1) is 12.0. The second-order valence-corrected chi connectivity index (χ2v) is 7.64. The van der Waals surface area contributed by atoms with Crippen LogP contribution in [0.4, 0.5) is 0 Å². The molecule has 0 aliphatic heterocycles. The molecule has 0 aromatic heterocycles. The van der Waals surface area contributed by atoms with E-state index in [9.17, 15) is 0 Å². The van der Waals surface area contributed by atoms with Gasteiger partial charge in [0.2, 0.25) is 0 Å². The van der Waals surface area contributed by atoms with E-state index < -0.39 is 0 Å². The van der Waals surface area contributed by atoms with Crippen LogP contribution in [0.2, 0.25) is 0 Å². The summed E-state index contributed by atoms with van der Waals surface area (Å²) in [6, 6.07) is 0. The Bertz CT molecular complexity index is 261. The molecule has 4 bridgehead atoms. The molecule has 0 spiro atoms. The van der Waals surface area contributed by atoms with Crippen molar-refractivity contribution < 1.29 is 0 Å². The van der Waals surface area contributed by atoms with Crippen LogP contribution in [0, 0.1) is 28.6 Å². The lowest BCUT2D eigenvalue weighted by Gasteiger charge is -2.63. The van der Waals surface area contributed by atoms with E-state index >= 15 is 0 Å². The molecule has 0 aromatic carbocycles. The van der Waals surface area contributed by atoms with Gasteiger partial charge in [0.05, 0.1) is 0 Å². The van der Waals surface area contributed by atoms with Crippen LogP contribution in [-0.4, -0.2) is 13.6 Å². The Morgan fingerprint density at radius 2 is 1.53 bits per heavy atom. The zero-order chi connectivity index (χ0) is 12.1. The van der Waals surface area contributed by atoms with Crippen LogP contribution < -0.4 is 5.32 Å². The highest BCUT2D eigenvalue weighted by molar-refractivity contribution is 5.08. The minimum atomic E-state index is 0.539. The predicted octanol–water partition coefficient (Wildman–Crippen LogP) is 3.84. The summed E-state index contributed by atoms with van der Waals surface area (Å²) in [6.07, 6.45) is 10.7. The fraction of sp³-hybridized carbons (Fsp3) is 1.00.